The minimum Gasteiger partial charge on any atom is -0.459 e. The Kier molecular flexibility index (Phi) is 8.26. The van der Waals surface area contributed by atoms with Gasteiger partial charge in [-0.1, -0.05) is 38.1 Å². The van der Waals surface area contributed by atoms with E-state index < -0.39 is 0 Å². The number of aliphatic imine (C=N–C) groups is 1. The molecule has 4 N–H and O–H groups in total. The zero-order valence-electron chi connectivity index (χ0n) is 16.4. The predicted molar refractivity (Wildman–Crippen MR) is 128 cm³/mol. The van der Waals surface area contributed by atoms with E-state index in [9.17, 15) is 4.79 Å². The van der Waals surface area contributed by atoms with Crippen LogP contribution in [0, 0.1) is 0 Å². The highest BCUT2D eigenvalue weighted by Gasteiger charge is 2.08. The van der Waals surface area contributed by atoms with E-state index in [1.807, 2.05) is 36.4 Å². The molecule has 0 saturated heterocycles. The fourth-order valence-corrected chi connectivity index (χ4v) is 2.63. The summed E-state index contributed by atoms with van der Waals surface area (Å²) < 4.78 is 5.07. The molecule has 6 nitrogen and oxygen atoms in total. The number of halogens is 1. The maximum Gasteiger partial charge on any atom is 0.291 e. The molecule has 0 aliphatic carbocycles. The van der Waals surface area contributed by atoms with Crippen LogP contribution >= 0.6 is 24.0 Å². The first-order valence-corrected chi connectivity index (χ1v) is 9.12. The third-order valence-electron chi connectivity index (χ3n) is 4.21. The quantitative estimate of drug-likeness (QED) is 0.245. The highest BCUT2D eigenvalue weighted by atomic mass is 127. The number of nitrogens with one attached hydrogen (secondary N) is 2. The maximum absolute atomic E-state index is 12.0. The van der Waals surface area contributed by atoms with Crippen molar-refractivity contribution in [3.63, 3.8) is 0 Å². The molecular formula is C22H25IN4O2. The monoisotopic (exact) mass is 504 g/mol. The lowest BCUT2D eigenvalue weighted by Crippen LogP contribution is -2.22. The molecule has 3 rings (SSSR count). The van der Waals surface area contributed by atoms with Gasteiger partial charge in [0.05, 0.1) is 12.8 Å². The Balaban J connectivity index is 0.00000300. The number of benzene rings is 2. The van der Waals surface area contributed by atoms with Gasteiger partial charge in [-0.2, -0.15) is 0 Å². The number of nitrogens with zero attached hydrogens (tertiary/aromatic N) is 1. The minimum atomic E-state index is -0.284. The number of anilines is 2. The number of guanidine groups is 1. The molecule has 0 aliphatic heterocycles. The van der Waals surface area contributed by atoms with Crippen molar-refractivity contribution < 1.29 is 9.21 Å². The number of hydrogen-bond donors (Lipinski definition) is 3. The van der Waals surface area contributed by atoms with Gasteiger partial charge in [0.25, 0.3) is 5.91 Å². The van der Waals surface area contributed by atoms with Gasteiger partial charge >= 0.3 is 0 Å². The average molecular weight is 504 g/mol. The summed E-state index contributed by atoms with van der Waals surface area (Å²) in [6.07, 6.45) is 1.47. The smallest absolute Gasteiger partial charge is 0.291 e. The van der Waals surface area contributed by atoms with E-state index in [1.165, 1.54) is 11.8 Å². The Labute approximate surface area is 187 Å². The molecule has 29 heavy (non-hydrogen) atoms. The highest BCUT2D eigenvalue weighted by Crippen LogP contribution is 2.18. The standard InChI is InChI=1S/C22H24N4O2.HI/c1-15(2)17-5-3-6-19(13-17)26-22(23)24-14-16-8-10-18(11-9-16)25-21(27)20-7-4-12-28-20;/h3-13,15H,14H2,1-2H3,(H,25,27)(H3,23,24,26);1H. The van der Waals surface area contributed by atoms with Gasteiger partial charge in [-0.3, -0.25) is 4.79 Å². The van der Waals surface area contributed by atoms with E-state index in [1.54, 1.807) is 12.1 Å². The molecule has 0 unspecified atom stereocenters. The van der Waals surface area contributed by atoms with Crippen LogP contribution in [0.3, 0.4) is 0 Å². The van der Waals surface area contributed by atoms with E-state index >= 15 is 0 Å². The van der Waals surface area contributed by atoms with Crippen LogP contribution in [-0.2, 0) is 6.54 Å². The van der Waals surface area contributed by atoms with Crippen molar-refractivity contribution in [1.29, 1.82) is 0 Å². The van der Waals surface area contributed by atoms with Gasteiger partial charge in [0, 0.05) is 11.4 Å². The van der Waals surface area contributed by atoms with Gasteiger partial charge in [-0.05, 0) is 53.4 Å². The lowest BCUT2D eigenvalue weighted by Gasteiger charge is -2.10. The second kappa shape index (κ2) is 10.7. The summed E-state index contributed by atoms with van der Waals surface area (Å²) in [5, 5.41) is 5.90. The lowest BCUT2D eigenvalue weighted by molar-refractivity contribution is 0.0996. The van der Waals surface area contributed by atoms with Crippen molar-refractivity contribution in [1.82, 2.24) is 0 Å². The third kappa shape index (κ3) is 6.63. The fraction of sp³-hybridized carbons (Fsp3) is 0.182. The predicted octanol–water partition coefficient (Wildman–Crippen LogP) is 5.20. The van der Waals surface area contributed by atoms with Crippen molar-refractivity contribution in [2.75, 3.05) is 10.6 Å². The Morgan fingerprint density at radius 1 is 1.03 bits per heavy atom. The van der Waals surface area contributed by atoms with Crippen LogP contribution in [0.2, 0.25) is 0 Å². The molecule has 7 heteroatoms. The molecule has 152 valence electrons. The van der Waals surface area contributed by atoms with Crippen LogP contribution in [0.25, 0.3) is 0 Å². The molecule has 1 heterocycles. The van der Waals surface area contributed by atoms with Gasteiger partial charge in [0.1, 0.15) is 0 Å². The van der Waals surface area contributed by atoms with Crippen LogP contribution < -0.4 is 16.4 Å². The van der Waals surface area contributed by atoms with Crippen LogP contribution in [0.4, 0.5) is 11.4 Å². The van der Waals surface area contributed by atoms with Crippen molar-refractivity contribution in [2.45, 2.75) is 26.3 Å². The third-order valence-corrected chi connectivity index (χ3v) is 4.21. The molecule has 0 aliphatic rings. The number of carbonyl (C=O) groups excluding carboxylic acids is 1. The zero-order valence-corrected chi connectivity index (χ0v) is 18.7. The summed E-state index contributed by atoms with van der Waals surface area (Å²) in [5.41, 5.74) is 9.83. The van der Waals surface area contributed by atoms with Crippen molar-refractivity contribution in [2.24, 2.45) is 10.7 Å². The van der Waals surface area contributed by atoms with Crippen LogP contribution in [0.15, 0.2) is 76.3 Å². The first kappa shape index (κ1) is 22.5. The summed E-state index contributed by atoms with van der Waals surface area (Å²) in [4.78, 5) is 16.3. The van der Waals surface area contributed by atoms with E-state index in [0.717, 1.165) is 11.3 Å². The first-order chi connectivity index (χ1) is 13.5. The van der Waals surface area contributed by atoms with Gasteiger partial charge in [-0.15, -0.1) is 24.0 Å². The van der Waals surface area contributed by atoms with Crippen molar-refractivity contribution in [3.05, 3.63) is 83.8 Å². The Bertz CT molecular complexity index is 951. The number of furan rings is 1. The topological polar surface area (TPSA) is 92.6 Å². The summed E-state index contributed by atoms with van der Waals surface area (Å²) in [6, 6.07) is 18.9. The SMILES string of the molecule is CC(C)c1cccc(NC(N)=NCc2ccc(NC(=O)c3ccco3)cc2)c1.I. The highest BCUT2D eigenvalue weighted by molar-refractivity contribution is 14.0. The second-order valence-electron chi connectivity index (χ2n) is 6.73. The normalized spacial score (nSPS) is 11.1. The molecule has 3 aromatic rings. The first-order valence-electron chi connectivity index (χ1n) is 9.12. The number of nitrogens with two attached hydrogens (primary N) is 1. The summed E-state index contributed by atoms with van der Waals surface area (Å²) in [5.74, 6) is 0.796. The maximum atomic E-state index is 12.0. The molecule has 0 atom stereocenters. The minimum absolute atomic E-state index is 0. The van der Waals surface area contributed by atoms with E-state index in [4.69, 9.17) is 10.2 Å². The Hall–Kier alpha value is -2.81. The summed E-state index contributed by atoms with van der Waals surface area (Å²) >= 11 is 0. The number of rotatable bonds is 6. The van der Waals surface area contributed by atoms with E-state index in [0.29, 0.717) is 24.1 Å². The number of hydrogen-bond acceptors (Lipinski definition) is 3. The van der Waals surface area contributed by atoms with Gasteiger partial charge in [0.15, 0.2) is 11.7 Å². The zero-order chi connectivity index (χ0) is 19.9. The van der Waals surface area contributed by atoms with Gasteiger partial charge in [-0.25, -0.2) is 4.99 Å². The molecule has 0 fully saturated rings. The van der Waals surface area contributed by atoms with Crippen LogP contribution in [0.1, 0.15) is 41.4 Å². The molecule has 0 saturated carbocycles. The largest absolute Gasteiger partial charge is 0.459 e. The second-order valence-corrected chi connectivity index (χ2v) is 6.73. The Morgan fingerprint density at radius 3 is 2.45 bits per heavy atom. The van der Waals surface area contributed by atoms with Crippen LogP contribution in [-0.4, -0.2) is 11.9 Å². The Morgan fingerprint density at radius 2 is 1.79 bits per heavy atom. The van der Waals surface area contributed by atoms with Gasteiger partial charge < -0.3 is 20.8 Å². The van der Waals surface area contributed by atoms with E-state index in [2.05, 4.69) is 41.6 Å². The lowest BCUT2D eigenvalue weighted by atomic mass is 10.0. The molecule has 2 aromatic carbocycles. The van der Waals surface area contributed by atoms with Gasteiger partial charge in [0.2, 0.25) is 0 Å². The molecular weight excluding hydrogens is 479 g/mol. The molecule has 0 bridgehead atoms. The molecule has 0 radical (unpaired) electrons. The van der Waals surface area contributed by atoms with Crippen LogP contribution in [0.5, 0.6) is 0 Å². The fourth-order valence-electron chi connectivity index (χ4n) is 2.63. The number of carbonyl (C=O) groups is 1. The van der Waals surface area contributed by atoms with E-state index in [-0.39, 0.29) is 35.6 Å². The summed E-state index contributed by atoms with van der Waals surface area (Å²) in [6.45, 7) is 4.74. The average Bonchev–Trinajstić information content (AvgIpc) is 3.23. The summed E-state index contributed by atoms with van der Waals surface area (Å²) in [7, 11) is 0. The molecule has 1 aromatic heterocycles. The molecule has 0 spiro atoms. The number of amides is 1. The molecule has 1 amide bonds. The van der Waals surface area contributed by atoms with Crippen molar-refractivity contribution >= 4 is 47.2 Å². The van der Waals surface area contributed by atoms with Crippen molar-refractivity contribution in [3.8, 4) is 0 Å².